The summed E-state index contributed by atoms with van der Waals surface area (Å²) in [6.07, 6.45) is 9.72. The fourth-order valence-electron chi connectivity index (χ4n) is 4.39. The lowest BCUT2D eigenvalue weighted by Gasteiger charge is -2.44. The molecular formula is C20H32O. The van der Waals surface area contributed by atoms with Gasteiger partial charge in [0.05, 0.1) is 6.10 Å². The molecule has 2 rings (SSSR count). The first-order valence-electron chi connectivity index (χ1n) is 8.52. The van der Waals surface area contributed by atoms with Crippen molar-refractivity contribution < 1.29 is 5.11 Å². The van der Waals surface area contributed by atoms with Gasteiger partial charge in [0.2, 0.25) is 0 Å². The topological polar surface area (TPSA) is 20.2 Å². The van der Waals surface area contributed by atoms with Gasteiger partial charge >= 0.3 is 0 Å². The minimum Gasteiger partial charge on any atom is -0.388 e. The highest BCUT2D eigenvalue weighted by atomic mass is 16.3. The summed E-state index contributed by atoms with van der Waals surface area (Å²) in [4.78, 5) is 0. The molecule has 0 amide bonds. The molecule has 0 spiro atoms. The quantitative estimate of drug-likeness (QED) is 0.578. The molecule has 118 valence electrons. The van der Waals surface area contributed by atoms with Gasteiger partial charge in [-0.25, -0.2) is 0 Å². The Labute approximate surface area is 130 Å². The lowest BCUT2D eigenvalue weighted by atomic mass is 9.62. The second-order valence-electron chi connectivity index (χ2n) is 7.75. The molecule has 0 fully saturated rings. The minimum atomic E-state index is -0.304. The Morgan fingerprint density at radius 2 is 1.81 bits per heavy atom. The molecule has 2 atom stereocenters. The molecule has 1 N–H and O–H groups in total. The summed E-state index contributed by atoms with van der Waals surface area (Å²) in [7, 11) is 0. The van der Waals surface area contributed by atoms with E-state index in [9.17, 15) is 5.11 Å². The van der Waals surface area contributed by atoms with Gasteiger partial charge in [-0.2, -0.15) is 0 Å². The van der Waals surface area contributed by atoms with Crippen LogP contribution >= 0.6 is 0 Å². The van der Waals surface area contributed by atoms with Crippen molar-refractivity contribution in [2.24, 2.45) is 11.3 Å². The number of aliphatic hydroxyl groups excluding tert-OH is 1. The first-order chi connectivity index (χ1) is 9.82. The standard InChI is InChI=1S/C20H32O/c1-14-7-6-8-15(2)13-18(21)19-16(3)10-12-17(11-9-14)20(19,4)5/h8,17-18,21H,1,6-7,9-13H2,2-5H3/b15-8+/t17-,18-/m1/s1. The lowest BCUT2D eigenvalue weighted by molar-refractivity contribution is 0.130. The largest absolute Gasteiger partial charge is 0.388 e. The first-order valence-corrected chi connectivity index (χ1v) is 8.52. The molecule has 0 saturated heterocycles. The molecule has 1 heteroatoms. The molecule has 21 heavy (non-hydrogen) atoms. The van der Waals surface area contributed by atoms with E-state index in [-0.39, 0.29) is 11.5 Å². The van der Waals surface area contributed by atoms with E-state index in [4.69, 9.17) is 0 Å². The highest BCUT2D eigenvalue weighted by molar-refractivity contribution is 5.29. The van der Waals surface area contributed by atoms with Crippen molar-refractivity contribution in [1.82, 2.24) is 0 Å². The monoisotopic (exact) mass is 288 g/mol. The van der Waals surface area contributed by atoms with Crippen LogP contribution in [0.25, 0.3) is 0 Å². The van der Waals surface area contributed by atoms with Crippen molar-refractivity contribution in [3.8, 4) is 0 Å². The molecule has 0 aromatic rings. The predicted molar refractivity (Wildman–Crippen MR) is 91.2 cm³/mol. The van der Waals surface area contributed by atoms with E-state index >= 15 is 0 Å². The third-order valence-electron chi connectivity index (χ3n) is 5.73. The van der Waals surface area contributed by atoms with Gasteiger partial charge in [0, 0.05) is 0 Å². The van der Waals surface area contributed by atoms with Gasteiger partial charge in [-0.05, 0) is 75.7 Å². The summed E-state index contributed by atoms with van der Waals surface area (Å²) >= 11 is 0. The van der Waals surface area contributed by atoms with Crippen molar-refractivity contribution in [2.45, 2.75) is 78.7 Å². The van der Waals surface area contributed by atoms with E-state index in [1.54, 1.807) is 0 Å². The van der Waals surface area contributed by atoms with Gasteiger partial charge in [0.1, 0.15) is 0 Å². The maximum atomic E-state index is 10.8. The fourth-order valence-corrected chi connectivity index (χ4v) is 4.39. The van der Waals surface area contributed by atoms with Gasteiger partial charge in [-0.1, -0.05) is 43.2 Å². The molecule has 0 unspecified atom stereocenters. The van der Waals surface area contributed by atoms with Gasteiger partial charge in [-0.3, -0.25) is 0 Å². The zero-order chi connectivity index (χ0) is 15.6. The molecule has 0 aromatic carbocycles. The normalized spacial score (nSPS) is 33.8. The molecule has 1 nitrogen and oxygen atoms in total. The maximum absolute atomic E-state index is 10.8. The van der Waals surface area contributed by atoms with Gasteiger partial charge in [0.15, 0.2) is 0 Å². The van der Waals surface area contributed by atoms with Crippen LogP contribution in [0.1, 0.15) is 72.6 Å². The smallest absolute Gasteiger partial charge is 0.0794 e. The van der Waals surface area contributed by atoms with E-state index in [1.807, 2.05) is 0 Å². The molecule has 0 aromatic heterocycles. The van der Waals surface area contributed by atoms with E-state index in [1.165, 1.54) is 35.1 Å². The summed E-state index contributed by atoms with van der Waals surface area (Å²) in [5.74, 6) is 0.673. The van der Waals surface area contributed by atoms with E-state index in [0.717, 1.165) is 32.1 Å². The third-order valence-corrected chi connectivity index (χ3v) is 5.73. The molecular weight excluding hydrogens is 256 g/mol. The molecule has 0 radical (unpaired) electrons. The minimum absolute atomic E-state index is 0.113. The Hall–Kier alpha value is -0.820. The molecule has 0 aliphatic heterocycles. The second-order valence-corrected chi connectivity index (χ2v) is 7.75. The van der Waals surface area contributed by atoms with E-state index in [2.05, 4.69) is 40.3 Å². The van der Waals surface area contributed by atoms with Crippen LogP contribution < -0.4 is 0 Å². The van der Waals surface area contributed by atoms with Crippen molar-refractivity contribution in [3.63, 3.8) is 0 Å². The van der Waals surface area contributed by atoms with Crippen LogP contribution in [0.3, 0.4) is 0 Å². The van der Waals surface area contributed by atoms with Gasteiger partial charge in [-0.15, -0.1) is 0 Å². The van der Waals surface area contributed by atoms with Crippen molar-refractivity contribution >= 4 is 0 Å². The third kappa shape index (κ3) is 3.69. The lowest BCUT2D eigenvalue weighted by Crippen LogP contribution is -2.36. The molecule has 2 aliphatic carbocycles. The van der Waals surface area contributed by atoms with Crippen LogP contribution in [0.15, 0.2) is 34.9 Å². The van der Waals surface area contributed by atoms with Crippen molar-refractivity contribution in [2.75, 3.05) is 0 Å². The summed E-state index contributed by atoms with van der Waals surface area (Å²) in [6.45, 7) is 13.3. The number of fused-ring (bicyclic) bond motifs is 2. The molecule has 0 heterocycles. The molecule has 2 aliphatic rings. The summed E-state index contributed by atoms with van der Waals surface area (Å²) in [5.41, 5.74) is 5.56. The first kappa shape index (κ1) is 16.5. The average Bonchev–Trinajstić information content (AvgIpc) is 2.35. The summed E-state index contributed by atoms with van der Waals surface area (Å²) < 4.78 is 0. The number of hydrogen-bond donors (Lipinski definition) is 1. The number of aliphatic hydroxyl groups is 1. The van der Waals surface area contributed by atoms with Crippen molar-refractivity contribution in [1.29, 1.82) is 0 Å². The highest BCUT2D eigenvalue weighted by Gasteiger charge is 2.39. The zero-order valence-corrected chi connectivity index (χ0v) is 14.3. The van der Waals surface area contributed by atoms with Gasteiger partial charge < -0.3 is 5.11 Å². The van der Waals surface area contributed by atoms with Crippen LogP contribution in [0.4, 0.5) is 0 Å². The second kappa shape index (κ2) is 6.52. The Morgan fingerprint density at radius 1 is 1.14 bits per heavy atom. The Bertz CT molecular complexity index is 464. The SMILES string of the molecule is C=C1CC/C=C(\C)C[C@@H](O)C2=C(C)CC[C@@H](CC1)C2(C)C. The van der Waals surface area contributed by atoms with Crippen LogP contribution in [-0.2, 0) is 0 Å². The Balaban J connectivity index is 2.36. The van der Waals surface area contributed by atoms with Crippen LogP contribution in [0.2, 0.25) is 0 Å². The number of hydrogen-bond acceptors (Lipinski definition) is 1. The van der Waals surface area contributed by atoms with Crippen molar-refractivity contribution in [3.05, 3.63) is 34.9 Å². The number of allylic oxidation sites excluding steroid dienone is 3. The Kier molecular flexibility index (Phi) is 5.14. The van der Waals surface area contributed by atoms with Crippen LogP contribution in [0, 0.1) is 11.3 Å². The summed E-state index contributed by atoms with van der Waals surface area (Å²) in [5, 5.41) is 10.8. The van der Waals surface area contributed by atoms with E-state index in [0.29, 0.717) is 5.92 Å². The van der Waals surface area contributed by atoms with E-state index < -0.39 is 0 Å². The Morgan fingerprint density at radius 3 is 2.52 bits per heavy atom. The van der Waals surface area contributed by atoms with Crippen LogP contribution in [-0.4, -0.2) is 11.2 Å². The molecule has 2 bridgehead atoms. The average molecular weight is 288 g/mol. The van der Waals surface area contributed by atoms with Gasteiger partial charge in [0.25, 0.3) is 0 Å². The fraction of sp³-hybridized carbons (Fsp3) is 0.700. The highest BCUT2D eigenvalue weighted by Crippen LogP contribution is 2.49. The predicted octanol–water partition coefficient (Wildman–Crippen LogP) is 5.57. The zero-order valence-electron chi connectivity index (χ0n) is 14.3. The number of rotatable bonds is 0. The maximum Gasteiger partial charge on any atom is 0.0794 e. The summed E-state index contributed by atoms with van der Waals surface area (Å²) in [6, 6.07) is 0. The molecule has 0 saturated carbocycles. The van der Waals surface area contributed by atoms with Crippen LogP contribution in [0.5, 0.6) is 0 Å².